The van der Waals surface area contributed by atoms with Gasteiger partial charge in [0.2, 0.25) is 5.91 Å². The van der Waals surface area contributed by atoms with Crippen LogP contribution in [0.4, 0.5) is 0 Å². The Bertz CT molecular complexity index is 1100. The number of likely N-dealkylation sites (N-methyl/N-ethyl adjacent to an activating group) is 1. The second kappa shape index (κ2) is 14.2. The zero-order valence-corrected chi connectivity index (χ0v) is 22.3. The van der Waals surface area contributed by atoms with Crippen LogP contribution in [0.1, 0.15) is 23.6 Å². The molecular formula is C31H37NO6. The Kier molecular flexibility index (Phi) is 10.4. The summed E-state index contributed by atoms with van der Waals surface area (Å²) in [5.74, 6) is -0.116. The van der Waals surface area contributed by atoms with E-state index in [-0.39, 0.29) is 12.5 Å². The lowest BCUT2D eigenvalue weighted by molar-refractivity contribution is -0.297. The Balaban J connectivity index is 1.59. The molecular weight excluding hydrogens is 482 g/mol. The van der Waals surface area contributed by atoms with Gasteiger partial charge in [-0.25, -0.2) is 0 Å². The van der Waals surface area contributed by atoms with Crippen molar-refractivity contribution in [2.24, 2.45) is 0 Å². The summed E-state index contributed by atoms with van der Waals surface area (Å²) in [5, 5.41) is 0. The highest BCUT2D eigenvalue weighted by atomic mass is 16.7. The van der Waals surface area contributed by atoms with E-state index >= 15 is 0 Å². The van der Waals surface area contributed by atoms with Crippen molar-refractivity contribution in [3.63, 3.8) is 0 Å². The van der Waals surface area contributed by atoms with Gasteiger partial charge in [-0.1, -0.05) is 91.0 Å². The van der Waals surface area contributed by atoms with Gasteiger partial charge in [-0.05, 0) is 16.7 Å². The summed E-state index contributed by atoms with van der Waals surface area (Å²) in [6.07, 6.45) is -2.25. The molecule has 1 saturated heterocycles. The van der Waals surface area contributed by atoms with E-state index in [1.165, 1.54) is 6.92 Å². The van der Waals surface area contributed by atoms with E-state index in [0.717, 1.165) is 16.7 Å². The normalized spacial score (nSPS) is 23.2. The standard InChI is InChI=1S/C31H37NO6/c1-23(33)32(2)28-30(37-21-26-17-11-6-12-18-26)29(36-20-25-15-9-5-10-16-25)27(38-31(28)34-3)22-35-19-24-13-7-4-8-14-24/h4-18,27-31H,19-22H2,1-3H3/t27-,28+,29+,30-,31-/m1/s1. The lowest BCUT2D eigenvalue weighted by Crippen LogP contribution is -2.66. The third-order valence-corrected chi connectivity index (χ3v) is 6.76. The molecule has 0 spiro atoms. The zero-order chi connectivity index (χ0) is 26.7. The van der Waals surface area contributed by atoms with E-state index in [9.17, 15) is 4.79 Å². The zero-order valence-electron chi connectivity index (χ0n) is 22.3. The number of amides is 1. The molecule has 3 aromatic carbocycles. The maximum Gasteiger partial charge on any atom is 0.219 e. The van der Waals surface area contributed by atoms with Crippen LogP contribution in [0.25, 0.3) is 0 Å². The lowest BCUT2D eigenvalue weighted by atomic mass is 9.95. The number of carbonyl (C=O) groups excluding carboxylic acids is 1. The van der Waals surface area contributed by atoms with Crippen molar-refractivity contribution >= 4 is 5.91 Å². The Hall–Kier alpha value is -3.07. The van der Waals surface area contributed by atoms with Crippen molar-refractivity contribution in [3.8, 4) is 0 Å². The molecule has 202 valence electrons. The number of hydrogen-bond acceptors (Lipinski definition) is 6. The minimum atomic E-state index is -0.716. The van der Waals surface area contributed by atoms with Crippen LogP contribution in [0.15, 0.2) is 91.0 Å². The molecule has 5 atom stereocenters. The van der Waals surface area contributed by atoms with Crippen molar-refractivity contribution in [1.82, 2.24) is 4.90 Å². The predicted molar refractivity (Wildman–Crippen MR) is 144 cm³/mol. The number of ether oxygens (including phenoxy) is 5. The molecule has 7 heteroatoms. The van der Waals surface area contributed by atoms with Crippen LogP contribution < -0.4 is 0 Å². The molecule has 0 radical (unpaired) electrons. The Morgan fingerprint density at radius 2 is 1.24 bits per heavy atom. The van der Waals surface area contributed by atoms with Crippen molar-refractivity contribution in [2.75, 3.05) is 20.8 Å². The molecule has 0 saturated carbocycles. The highest BCUT2D eigenvalue weighted by molar-refractivity contribution is 5.73. The van der Waals surface area contributed by atoms with Gasteiger partial charge in [0.1, 0.15) is 24.4 Å². The van der Waals surface area contributed by atoms with Gasteiger partial charge in [-0.2, -0.15) is 0 Å². The first-order valence-corrected chi connectivity index (χ1v) is 12.9. The molecule has 0 N–H and O–H groups in total. The Morgan fingerprint density at radius 3 is 1.71 bits per heavy atom. The maximum atomic E-state index is 12.5. The van der Waals surface area contributed by atoms with Crippen molar-refractivity contribution < 1.29 is 28.5 Å². The van der Waals surface area contributed by atoms with Crippen LogP contribution in [0, 0.1) is 0 Å². The highest BCUT2D eigenvalue weighted by Crippen LogP contribution is 2.31. The Labute approximate surface area is 225 Å². The third-order valence-electron chi connectivity index (χ3n) is 6.76. The van der Waals surface area contributed by atoms with Crippen LogP contribution in [-0.2, 0) is 48.3 Å². The molecule has 4 rings (SSSR count). The minimum absolute atomic E-state index is 0.116. The van der Waals surface area contributed by atoms with E-state index in [2.05, 4.69) is 0 Å². The van der Waals surface area contributed by atoms with Gasteiger partial charge in [0, 0.05) is 21.1 Å². The van der Waals surface area contributed by atoms with Crippen LogP contribution in [0.5, 0.6) is 0 Å². The van der Waals surface area contributed by atoms with Gasteiger partial charge < -0.3 is 28.6 Å². The summed E-state index contributed by atoms with van der Waals surface area (Å²) >= 11 is 0. The summed E-state index contributed by atoms with van der Waals surface area (Å²) in [4.78, 5) is 14.1. The van der Waals surface area contributed by atoms with Gasteiger partial charge >= 0.3 is 0 Å². The molecule has 3 aromatic rings. The summed E-state index contributed by atoms with van der Waals surface area (Å²) in [7, 11) is 3.31. The molecule has 1 amide bonds. The summed E-state index contributed by atoms with van der Waals surface area (Å²) in [6, 6.07) is 29.4. The number of rotatable bonds is 12. The molecule has 1 aliphatic heterocycles. The number of benzene rings is 3. The molecule has 7 nitrogen and oxygen atoms in total. The monoisotopic (exact) mass is 519 g/mol. The second-order valence-electron chi connectivity index (χ2n) is 9.42. The molecule has 0 bridgehead atoms. The molecule has 1 heterocycles. The number of methoxy groups -OCH3 is 1. The van der Waals surface area contributed by atoms with Crippen LogP contribution in [-0.4, -0.2) is 62.2 Å². The van der Waals surface area contributed by atoms with Crippen molar-refractivity contribution in [3.05, 3.63) is 108 Å². The van der Waals surface area contributed by atoms with Crippen LogP contribution in [0.3, 0.4) is 0 Å². The quantitative estimate of drug-likeness (QED) is 0.349. The number of carbonyl (C=O) groups is 1. The SMILES string of the molecule is CO[C@@H]1O[C@H](COCc2ccccc2)[C@H](OCc2ccccc2)[C@H](OCc2ccccc2)[C@@H]1N(C)C(C)=O. The van der Waals surface area contributed by atoms with Crippen LogP contribution >= 0.6 is 0 Å². The molecule has 1 fully saturated rings. The first kappa shape index (κ1) is 28.0. The van der Waals surface area contributed by atoms with Crippen molar-refractivity contribution in [2.45, 2.75) is 57.4 Å². The van der Waals surface area contributed by atoms with E-state index in [1.807, 2.05) is 91.0 Å². The number of nitrogens with zero attached hydrogens (tertiary/aromatic N) is 1. The van der Waals surface area contributed by atoms with E-state index in [0.29, 0.717) is 19.8 Å². The second-order valence-corrected chi connectivity index (χ2v) is 9.42. The van der Waals surface area contributed by atoms with E-state index in [4.69, 9.17) is 23.7 Å². The van der Waals surface area contributed by atoms with Gasteiger partial charge in [0.05, 0.1) is 26.4 Å². The summed E-state index contributed by atoms with van der Waals surface area (Å²) in [6.45, 7) is 2.96. The van der Waals surface area contributed by atoms with E-state index in [1.54, 1.807) is 19.1 Å². The average Bonchev–Trinajstić information content (AvgIpc) is 2.96. The molecule has 0 aromatic heterocycles. The molecule has 0 unspecified atom stereocenters. The summed E-state index contributed by atoms with van der Waals surface area (Å²) in [5.41, 5.74) is 3.12. The first-order valence-electron chi connectivity index (χ1n) is 12.9. The topological polar surface area (TPSA) is 66.5 Å². The molecule has 38 heavy (non-hydrogen) atoms. The first-order chi connectivity index (χ1) is 18.6. The van der Waals surface area contributed by atoms with E-state index < -0.39 is 30.6 Å². The summed E-state index contributed by atoms with van der Waals surface area (Å²) < 4.78 is 31.3. The smallest absolute Gasteiger partial charge is 0.219 e. The third kappa shape index (κ3) is 7.49. The minimum Gasteiger partial charge on any atom is -0.374 e. The van der Waals surface area contributed by atoms with Gasteiger partial charge in [0.25, 0.3) is 0 Å². The fourth-order valence-corrected chi connectivity index (χ4v) is 4.63. The fourth-order valence-electron chi connectivity index (χ4n) is 4.63. The van der Waals surface area contributed by atoms with Gasteiger partial charge in [-0.3, -0.25) is 4.79 Å². The molecule has 1 aliphatic rings. The fraction of sp³-hybridized carbons (Fsp3) is 0.387. The number of hydrogen-bond donors (Lipinski definition) is 0. The Morgan fingerprint density at radius 1 is 0.763 bits per heavy atom. The van der Waals surface area contributed by atoms with Gasteiger partial charge in [0.15, 0.2) is 6.29 Å². The highest BCUT2D eigenvalue weighted by Gasteiger charge is 2.50. The lowest BCUT2D eigenvalue weighted by Gasteiger charge is -2.48. The predicted octanol–water partition coefficient (Wildman–Crippen LogP) is 4.59. The van der Waals surface area contributed by atoms with Crippen LogP contribution in [0.2, 0.25) is 0 Å². The molecule has 0 aliphatic carbocycles. The van der Waals surface area contributed by atoms with Gasteiger partial charge in [-0.15, -0.1) is 0 Å². The average molecular weight is 520 g/mol. The largest absolute Gasteiger partial charge is 0.374 e. The maximum absolute atomic E-state index is 12.5. The van der Waals surface area contributed by atoms with Crippen molar-refractivity contribution in [1.29, 1.82) is 0 Å².